The molecule has 0 saturated heterocycles. The summed E-state index contributed by atoms with van der Waals surface area (Å²) in [4.78, 5) is 4.40. The standard InChI is InChI=1S/C11H10BrN2/c1-8-6-7-13-11(14-8)9-2-4-10(12)5-3-9/h2-7H,1H3,(H,13,14). The van der Waals surface area contributed by atoms with Crippen molar-refractivity contribution in [2.45, 2.75) is 6.92 Å². The fourth-order valence-electron chi connectivity index (χ4n) is 1.24. The van der Waals surface area contributed by atoms with Crippen LogP contribution in [0.5, 0.6) is 0 Å². The van der Waals surface area contributed by atoms with Crippen LogP contribution >= 0.6 is 15.9 Å². The Kier molecular flexibility index (Phi) is 2.68. The first-order valence-electron chi connectivity index (χ1n) is 4.37. The summed E-state index contributed by atoms with van der Waals surface area (Å²) in [5.74, 6) is 0.900. The topological polar surface area (TPSA) is 24.4 Å². The molecular weight excluding hydrogens is 240 g/mol. The van der Waals surface area contributed by atoms with Crippen LogP contribution in [0.25, 0.3) is 0 Å². The van der Waals surface area contributed by atoms with Crippen LogP contribution in [0, 0.1) is 6.54 Å². The van der Waals surface area contributed by atoms with Gasteiger partial charge in [0.15, 0.2) is 0 Å². The number of rotatable bonds is 1. The summed E-state index contributed by atoms with van der Waals surface area (Å²) < 4.78 is 1.08. The zero-order valence-electron chi connectivity index (χ0n) is 7.79. The van der Waals surface area contributed by atoms with Crippen molar-refractivity contribution in [2.75, 3.05) is 0 Å². The smallest absolute Gasteiger partial charge is 0.134 e. The molecule has 1 aromatic rings. The Morgan fingerprint density at radius 1 is 1.21 bits per heavy atom. The van der Waals surface area contributed by atoms with Gasteiger partial charge in [0.2, 0.25) is 0 Å². The van der Waals surface area contributed by atoms with Crippen LogP contribution in [-0.2, 0) is 0 Å². The molecule has 0 unspecified atom stereocenters. The zero-order valence-corrected chi connectivity index (χ0v) is 9.38. The maximum Gasteiger partial charge on any atom is 0.134 e. The summed E-state index contributed by atoms with van der Waals surface area (Å²) in [6, 6.07) is 8.07. The number of hydrogen-bond acceptors (Lipinski definition) is 2. The lowest BCUT2D eigenvalue weighted by molar-refractivity contribution is 1.08. The van der Waals surface area contributed by atoms with E-state index in [1.54, 1.807) is 0 Å². The summed E-state index contributed by atoms with van der Waals surface area (Å²) in [7, 11) is 0. The van der Waals surface area contributed by atoms with Gasteiger partial charge < -0.3 is 5.32 Å². The van der Waals surface area contributed by atoms with Gasteiger partial charge in [0.05, 0.1) is 6.54 Å². The van der Waals surface area contributed by atoms with Gasteiger partial charge in [-0.1, -0.05) is 28.1 Å². The Hall–Kier alpha value is -1.09. The molecule has 1 N–H and O–H groups in total. The molecule has 3 heteroatoms. The van der Waals surface area contributed by atoms with Crippen molar-refractivity contribution in [1.29, 1.82) is 0 Å². The number of benzene rings is 1. The molecule has 0 atom stereocenters. The van der Waals surface area contributed by atoms with Gasteiger partial charge in [-0.3, -0.25) is 0 Å². The highest BCUT2D eigenvalue weighted by Gasteiger charge is 2.05. The van der Waals surface area contributed by atoms with E-state index in [0.717, 1.165) is 21.6 Å². The van der Waals surface area contributed by atoms with Crippen molar-refractivity contribution in [1.82, 2.24) is 5.32 Å². The average molecular weight is 250 g/mol. The van der Waals surface area contributed by atoms with Gasteiger partial charge in [0.25, 0.3) is 0 Å². The van der Waals surface area contributed by atoms with Crippen molar-refractivity contribution in [3.8, 4) is 0 Å². The average Bonchev–Trinajstić information content (AvgIpc) is 2.19. The second-order valence-electron chi connectivity index (χ2n) is 3.09. The highest BCUT2D eigenvalue weighted by atomic mass is 79.9. The first-order chi connectivity index (χ1) is 6.75. The molecule has 1 aliphatic heterocycles. The minimum atomic E-state index is 0.900. The highest BCUT2D eigenvalue weighted by molar-refractivity contribution is 9.10. The second kappa shape index (κ2) is 3.96. The molecule has 71 valence electrons. The molecule has 14 heavy (non-hydrogen) atoms. The summed E-state index contributed by atoms with van der Waals surface area (Å²) in [6.07, 6.45) is 1.95. The lowest BCUT2D eigenvalue weighted by Crippen LogP contribution is -2.23. The molecule has 1 aromatic carbocycles. The van der Waals surface area contributed by atoms with Crippen LogP contribution in [-0.4, -0.2) is 5.84 Å². The first-order valence-corrected chi connectivity index (χ1v) is 5.16. The molecule has 1 radical (unpaired) electrons. The summed E-state index contributed by atoms with van der Waals surface area (Å²) in [5, 5.41) is 3.12. The van der Waals surface area contributed by atoms with Crippen LogP contribution in [0.2, 0.25) is 0 Å². The largest absolute Gasteiger partial charge is 0.361 e. The molecule has 0 spiro atoms. The first kappa shape index (κ1) is 9.46. The molecule has 0 amide bonds. The molecule has 0 aromatic heterocycles. The second-order valence-corrected chi connectivity index (χ2v) is 4.00. The lowest BCUT2D eigenvalue weighted by atomic mass is 10.2. The predicted molar refractivity (Wildman–Crippen MR) is 61.9 cm³/mol. The van der Waals surface area contributed by atoms with Gasteiger partial charge in [-0.05, 0) is 25.1 Å². The van der Waals surface area contributed by atoms with Gasteiger partial charge in [0, 0.05) is 15.7 Å². The minimum absolute atomic E-state index is 0.900. The van der Waals surface area contributed by atoms with E-state index in [9.17, 15) is 0 Å². The summed E-state index contributed by atoms with van der Waals surface area (Å²) >= 11 is 3.40. The van der Waals surface area contributed by atoms with E-state index < -0.39 is 0 Å². The Morgan fingerprint density at radius 3 is 2.57 bits per heavy atom. The molecule has 1 heterocycles. The van der Waals surface area contributed by atoms with Crippen LogP contribution in [0.3, 0.4) is 0 Å². The molecule has 0 bridgehead atoms. The number of amidine groups is 1. The molecule has 1 aliphatic rings. The van der Waals surface area contributed by atoms with Crippen molar-refractivity contribution in [3.05, 3.63) is 52.6 Å². The van der Waals surface area contributed by atoms with E-state index in [4.69, 9.17) is 0 Å². The molecule has 0 aliphatic carbocycles. The minimum Gasteiger partial charge on any atom is -0.361 e. The van der Waals surface area contributed by atoms with E-state index in [-0.39, 0.29) is 0 Å². The number of aliphatic imine (C=N–C) groups is 1. The number of nitrogens with one attached hydrogen (secondary N) is 1. The third-order valence-electron chi connectivity index (χ3n) is 1.95. The predicted octanol–water partition coefficient (Wildman–Crippen LogP) is 2.86. The Morgan fingerprint density at radius 2 is 1.93 bits per heavy atom. The fourth-order valence-corrected chi connectivity index (χ4v) is 1.51. The van der Waals surface area contributed by atoms with Crippen LogP contribution < -0.4 is 5.32 Å². The Bertz CT molecular complexity index is 390. The number of allylic oxidation sites excluding steroid dienone is 1. The van der Waals surface area contributed by atoms with Crippen molar-refractivity contribution >= 4 is 21.8 Å². The van der Waals surface area contributed by atoms with Gasteiger partial charge in [0.1, 0.15) is 5.84 Å². The van der Waals surface area contributed by atoms with Crippen LogP contribution in [0.15, 0.2) is 45.5 Å². The third-order valence-corrected chi connectivity index (χ3v) is 2.48. The molecular formula is C11H10BrN2. The van der Waals surface area contributed by atoms with Crippen molar-refractivity contribution in [2.24, 2.45) is 4.99 Å². The van der Waals surface area contributed by atoms with Gasteiger partial charge >= 0.3 is 0 Å². The zero-order chi connectivity index (χ0) is 9.97. The fraction of sp³-hybridized carbons (Fsp3) is 0.0909. The molecule has 2 rings (SSSR count). The van der Waals surface area contributed by atoms with E-state index >= 15 is 0 Å². The quantitative estimate of drug-likeness (QED) is 0.814. The number of halogens is 1. The van der Waals surface area contributed by atoms with E-state index in [0.29, 0.717) is 0 Å². The summed E-state index contributed by atoms with van der Waals surface area (Å²) in [6.45, 7) is 3.88. The highest BCUT2D eigenvalue weighted by Crippen LogP contribution is 2.13. The monoisotopic (exact) mass is 249 g/mol. The van der Waals surface area contributed by atoms with Gasteiger partial charge in [-0.15, -0.1) is 0 Å². The Balaban J connectivity index is 2.31. The molecule has 2 nitrogen and oxygen atoms in total. The number of nitrogens with zero attached hydrogens (tertiary/aromatic N) is 1. The van der Waals surface area contributed by atoms with Crippen molar-refractivity contribution < 1.29 is 0 Å². The summed E-state index contributed by atoms with van der Waals surface area (Å²) in [5.41, 5.74) is 2.11. The maximum absolute atomic E-state index is 4.40. The van der Waals surface area contributed by atoms with Crippen LogP contribution in [0.4, 0.5) is 0 Å². The number of hydrogen-bond donors (Lipinski definition) is 1. The van der Waals surface area contributed by atoms with E-state index in [1.165, 1.54) is 0 Å². The third kappa shape index (κ3) is 2.04. The van der Waals surface area contributed by atoms with Crippen molar-refractivity contribution in [3.63, 3.8) is 0 Å². The maximum atomic E-state index is 4.40. The SMILES string of the molecule is CC1=C[CH]NC(c2ccc(Br)cc2)=N1. The van der Waals surface area contributed by atoms with Crippen LogP contribution in [0.1, 0.15) is 12.5 Å². The lowest BCUT2D eigenvalue weighted by Gasteiger charge is -2.12. The van der Waals surface area contributed by atoms with E-state index in [2.05, 4.69) is 26.2 Å². The van der Waals surface area contributed by atoms with Gasteiger partial charge in [-0.25, -0.2) is 4.99 Å². The molecule has 0 saturated carbocycles. The normalized spacial score (nSPS) is 15.6. The van der Waals surface area contributed by atoms with E-state index in [1.807, 2.05) is 43.8 Å². The Labute approximate surface area is 91.9 Å². The van der Waals surface area contributed by atoms with Gasteiger partial charge in [-0.2, -0.15) is 0 Å². The molecule has 0 fully saturated rings.